The van der Waals surface area contributed by atoms with E-state index in [1.54, 1.807) is 7.11 Å². The van der Waals surface area contributed by atoms with Gasteiger partial charge in [0.25, 0.3) is 0 Å². The van der Waals surface area contributed by atoms with Crippen molar-refractivity contribution in [2.45, 2.75) is 12.5 Å². The summed E-state index contributed by atoms with van der Waals surface area (Å²) >= 11 is 0. The van der Waals surface area contributed by atoms with Crippen molar-refractivity contribution in [1.29, 1.82) is 0 Å². The van der Waals surface area contributed by atoms with Crippen LogP contribution in [0.5, 0.6) is 0 Å². The fourth-order valence-electron chi connectivity index (χ4n) is 1.66. The summed E-state index contributed by atoms with van der Waals surface area (Å²) in [5.41, 5.74) is 0. The third kappa shape index (κ3) is 4.27. The molecule has 1 unspecified atom stereocenters. The topological polar surface area (TPSA) is 98.5 Å². The molecule has 106 valence electrons. The minimum absolute atomic E-state index is 0.0254. The van der Waals surface area contributed by atoms with Gasteiger partial charge in [-0.05, 0) is 0 Å². The molecule has 1 saturated heterocycles. The SMILES string of the molecule is COCCOCCc1noc(C2CNC(=O)CN2)n1. The number of methoxy groups -OCH3 is 1. The number of aromatic nitrogens is 2. The molecule has 0 aliphatic carbocycles. The molecule has 1 aliphatic heterocycles. The average Bonchev–Trinajstić information content (AvgIpc) is 2.88. The van der Waals surface area contributed by atoms with Crippen LogP contribution in [0.25, 0.3) is 0 Å². The van der Waals surface area contributed by atoms with Gasteiger partial charge in [0.1, 0.15) is 6.04 Å². The Bertz CT molecular complexity index is 399. The second kappa shape index (κ2) is 7.17. The van der Waals surface area contributed by atoms with E-state index in [-0.39, 0.29) is 18.5 Å². The Labute approximate surface area is 110 Å². The van der Waals surface area contributed by atoms with Crippen molar-refractivity contribution >= 4 is 5.91 Å². The van der Waals surface area contributed by atoms with Crippen LogP contribution in [0.2, 0.25) is 0 Å². The molecule has 8 heteroatoms. The summed E-state index contributed by atoms with van der Waals surface area (Å²) in [4.78, 5) is 15.3. The number of carbonyl (C=O) groups excluding carboxylic acids is 1. The first-order valence-corrected chi connectivity index (χ1v) is 6.19. The van der Waals surface area contributed by atoms with Crippen LogP contribution in [-0.4, -0.2) is 56.1 Å². The van der Waals surface area contributed by atoms with Crippen LogP contribution >= 0.6 is 0 Å². The summed E-state index contributed by atoms with van der Waals surface area (Å²) in [6.45, 7) is 2.38. The molecule has 8 nitrogen and oxygen atoms in total. The Morgan fingerprint density at radius 1 is 1.42 bits per heavy atom. The molecule has 1 atom stereocenters. The lowest BCUT2D eigenvalue weighted by Gasteiger charge is -2.20. The predicted octanol–water partition coefficient (Wildman–Crippen LogP) is -0.964. The third-order valence-corrected chi connectivity index (χ3v) is 2.70. The Morgan fingerprint density at radius 2 is 2.32 bits per heavy atom. The second-order valence-corrected chi connectivity index (χ2v) is 4.14. The minimum Gasteiger partial charge on any atom is -0.382 e. The van der Waals surface area contributed by atoms with E-state index in [1.165, 1.54) is 0 Å². The van der Waals surface area contributed by atoms with Crippen molar-refractivity contribution in [3.63, 3.8) is 0 Å². The highest BCUT2D eigenvalue weighted by atomic mass is 16.5. The number of hydrogen-bond acceptors (Lipinski definition) is 7. The molecule has 0 saturated carbocycles. The van der Waals surface area contributed by atoms with Crippen molar-refractivity contribution < 1.29 is 18.8 Å². The van der Waals surface area contributed by atoms with Crippen molar-refractivity contribution in [1.82, 2.24) is 20.8 Å². The molecule has 2 N–H and O–H groups in total. The van der Waals surface area contributed by atoms with Crippen LogP contribution in [0.3, 0.4) is 0 Å². The predicted molar refractivity (Wildman–Crippen MR) is 64.5 cm³/mol. The van der Waals surface area contributed by atoms with Crippen molar-refractivity contribution in [2.24, 2.45) is 0 Å². The van der Waals surface area contributed by atoms with Gasteiger partial charge in [0, 0.05) is 20.1 Å². The Kier molecular flexibility index (Phi) is 5.25. The lowest BCUT2D eigenvalue weighted by Crippen LogP contribution is -2.47. The number of rotatable bonds is 7. The summed E-state index contributed by atoms with van der Waals surface area (Å²) in [7, 11) is 1.63. The maximum Gasteiger partial charge on any atom is 0.245 e. The van der Waals surface area contributed by atoms with Crippen LogP contribution in [0.4, 0.5) is 0 Å². The van der Waals surface area contributed by atoms with Crippen LogP contribution in [0.15, 0.2) is 4.52 Å². The fourth-order valence-corrected chi connectivity index (χ4v) is 1.66. The molecule has 0 spiro atoms. The fraction of sp³-hybridized carbons (Fsp3) is 0.727. The van der Waals surface area contributed by atoms with Crippen LogP contribution in [0, 0.1) is 0 Å². The molecule has 2 rings (SSSR count). The number of nitrogens with one attached hydrogen (secondary N) is 2. The molecular weight excluding hydrogens is 252 g/mol. The monoisotopic (exact) mass is 270 g/mol. The van der Waals surface area contributed by atoms with Gasteiger partial charge in [-0.1, -0.05) is 5.16 Å². The van der Waals surface area contributed by atoms with Gasteiger partial charge in [0.05, 0.1) is 26.4 Å². The van der Waals surface area contributed by atoms with Gasteiger partial charge in [0.15, 0.2) is 5.82 Å². The highest BCUT2D eigenvalue weighted by Crippen LogP contribution is 2.11. The summed E-state index contributed by atoms with van der Waals surface area (Å²) in [5, 5.41) is 9.64. The quantitative estimate of drug-likeness (QED) is 0.615. The first-order valence-electron chi connectivity index (χ1n) is 6.19. The van der Waals surface area contributed by atoms with E-state index in [4.69, 9.17) is 14.0 Å². The molecule has 0 bridgehead atoms. The van der Waals surface area contributed by atoms with E-state index in [2.05, 4.69) is 20.8 Å². The van der Waals surface area contributed by atoms with Gasteiger partial charge < -0.3 is 19.3 Å². The zero-order valence-electron chi connectivity index (χ0n) is 10.8. The molecule has 0 aromatic carbocycles. The standard InChI is InChI=1S/C11H18N4O4/c1-17-4-5-18-3-2-9-14-11(19-15-9)8-6-13-10(16)7-12-8/h8,12H,2-7H2,1H3,(H,13,16). The molecule has 2 heterocycles. The highest BCUT2D eigenvalue weighted by Gasteiger charge is 2.23. The zero-order chi connectivity index (χ0) is 13.5. The summed E-state index contributed by atoms with van der Waals surface area (Å²) in [6.07, 6.45) is 0.590. The van der Waals surface area contributed by atoms with Crippen molar-refractivity contribution in [3.05, 3.63) is 11.7 Å². The van der Waals surface area contributed by atoms with Crippen molar-refractivity contribution in [3.8, 4) is 0 Å². The molecule has 19 heavy (non-hydrogen) atoms. The minimum atomic E-state index is -0.117. The summed E-state index contributed by atoms with van der Waals surface area (Å²) in [5.74, 6) is 1.07. The van der Waals surface area contributed by atoms with Crippen LogP contribution in [0.1, 0.15) is 17.8 Å². The van der Waals surface area contributed by atoms with E-state index >= 15 is 0 Å². The Hall–Kier alpha value is -1.51. The Morgan fingerprint density at radius 3 is 3.05 bits per heavy atom. The molecule has 1 fully saturated rings. The molecular formula is C11H18N4O4. The molecule has 1 aliphatic rings. The van der Waals surface area contributed by atoms with E-state index in [9.17, 15) is 4.79 Å². The maximum atomic E-state index is 11.0. The van der Waals surface area contributed by atoms with Gasteiger partial charge in [0.2, 0.25) is 11.8 Å². The molecule has 1 amide bonds. The van der Waals surface area contributed by atoms with Gasteiger partial charge >= 0.3 is 0 Å². The average molecular weight is 270 g/mol. The first-order chi connectivity index (χ1) is 9.29. The maximum absolute atomic E-state index is 11.0. The van der Waals surface area contributed by atoms with E-state index < -0.39 is 0 Å². The second-order valence-electron chi connectivity index (χ2n) is 4.14. The van der Waals surface area contributed by atoms with Crippen LogP contribution in [-0.2, 0) is 20.7 Å². The highest BCUT2D eigenvalue weighted by molar-refractivity contribution is 5.78. The Balaban J connectivity index is 1.74. The molecule has 1 aromatic heterocycles. The van der Waals surface area contributed by atoms with Gasteiger partial charge in [-0.2, -0.15) is 4.98 Å². The number of nitrogens with zero attached hydrogens (tertiary/aromatic N) is 2. The zero-order valence-corrected chi connectivity index (χ0v) is 10.8. The first kappa shape index (κ1) is 13.9. The van der Waals surface area contributed by atoms with E-state index in [0.717, 1.165) is 0 Å². The number of amides is 1. The van der Waals surface area contributed by atoms with E-state index in [0.29, 0.717) is 44.5 Å². The normalized spacial score (nSPS) is 19.4. The van der Waals surface area contributed by atoms with E-state index in [1.807, 2.05) is 0 Å². The number of piperazine rings is 1. The van der Waals surface area contributed by atoms with Crippen molar-refractivity contribution in [2.75, 3.05) is 40.0 Å². The number of carbonyl (C=O) groups is 1. The van der Waals surface area contributed by atoms with Gasteiger partial charge in [-0.15, -0.1) is 0 Å². The number of hydrogen-bond donors (Lipinski definition) is 2. The molecule has 1 aromatic rings. The lowest BCUT2D eigenvalue weighted by molar-refractivity contribution is -0.121. The summed E-state index contributed by atoms with van der Waals surface area (Å²) < 4.78 is 15.4. The van der Waals surface area contributed by atoms with Gasteiger partial charge in [-0.3, -0.25) is 10.1 Å². The third-order valence-electron chi connectivity index (χ3n) is 2.70. The molecule has 0 radical (unpaired) electrons. The van der Waals surface area contributed by atoms with Crippen LogP contribution < -0.4 is 10.6 Å². The summed E-state index contributed by atoms with van der Waals surface area (Å²) in [6, 6.07) is -0.117. The number of ether oxygens (including phenoxy) is 2. The lowest BCUT2D eigenvalue weighted by atomic mass is 10.2. The smallest absolute Gasteiger partial charge is 0.245 e. The van der Waals surface area contributed by atoms with Gasteiger partial charge in [-0.25, -0.2) is 0 Å². The largest absolute Gasteiger partial charge is 0.382 e.